The first kappa shape index (κ1) is 10.7. The lowest BCUT2D eigenvalue weighted by Gasteiger charge is -2.09. The molecule has 0 saturated heterocycles. The van der Waals surface area contributed by atoms with Crippen LogP contribution in [0.5, 0.6) is 0 Å². The van der Waals surface area contributed by atoms with E-state index in [9.17, 15) is 4.79 Å². The van der Waals surface area contributed by atoms with E-state index in [1.54, 1.807) is 12.4 Å². The monoisotopic (exact) mass is 193 g/mol. The van der Waals surface area contributed by atoms with Gasteiger partial charge in [-0.3, -0.25) is 9.78 Å². The topological polar surface area (TPSA) is 39.2 Å². The average Bonchev–Trinajstić information content (AvgIpc) is 2.19. The highest BCUT2D eigenvalue weighted by Gasteiger charge is 2.11. The maximum absolute atomic E-state index is 11.2. The zero-order valence-electron chi connectivity index (χ0n) is 8.56. The third-order valence-corrected chi connectivity index (χ3v) is 2.03. The Hall–Kier alpha value is -1.38. The van der Waals surface area contributed by atoms with Crippen LogP contribution >= 0.6 is 0 Å². The minimum Gasteiger partial charge on any atom is -0.466 e. The van der Waals surface area contributed by atoms with Crippen LogP contribution in [0.15, 0.2) is 24.5 Å². The van der Waals surface area contributed by atoms with E-state index in [0.717, 1.165) is 5.56 Å². The van der Waals surface area contributed by atoms with Gasteiger partial charge in [0.05, 0.1) is 13.0 Å². The van der Waals surface area contributed by atoms with Crippen molar-refractivity contribution in [2.75, 3.05) is 6.61 Å². The van der Waals surface area contributed by atoms with Gasteiger partial charge in [0.2, 0.25) is 0 Å². The summed E-state index contributed by atoms with van der Waals surface area (Å²) in [7, 11) is 0. The molecule has 1 heterocycles. The van der Waals surface area contributed by atoms with E-state index in [1.165, 1.54) is 0 Å². The molecule has 0 spiro atoms. The Bertz CT molecular complexity index is 285. The van der Waals surface area contributed by atoms with E-state index >= 15 is 0 Å². The number of carbonyl (C=O) groups is 1. The third-order valence-electron chi connectivity index (χ3n) is 2.03. The highest BCUT2D eigenvalue weighted by atomic mass is 16.5. The van der Waals surface area contributed by atoms with E-state index in [0.29, 0.717) is 13.0 Å². The number of esters is 1. The fourth-order valence-electron chi connectivity index (χ4n) is 1.26. The van der Waals surface area contributed by atoms with Crippen molar-refractivity contribution in [3.63, 3.8) is 0 Å². The summed E-state index contributed by atoms with van der Waals surface area (Å²) in [5.41, 5.74) is 1.07. The first-order chi connectivity index (χ1) is 6.74. The Balaban J connectivity index is 2.50. The van der Waals surface area contributed by atoms with Crippen LogP contribution in [0.4, 0.5) is 0 Å². The molecule has 1 aromatic heterocycles. The minimum absolute atomic E-state index is 0.149. The molecule has 0 unspecified atom stereocenters. The number of hydrogen-bond donors (Lipinski definition) is 0. The van der Waals surface area contributed by atoms with E-state index in [2.05, 4.69) is 4.98 Å². The van der Waals surface area contributed by atoms with Gasteiger partial charge in [-0.05, 0) is 24.5 Å². The molecule has 0 aromatic carbocycles. The Labute approximate surface area is 84.1 Å². The number of nitrogens with zero attached hydrogens (tertiary/aromatic N) is 1. The second kappa shape index (κ2) is 5.37. The number of pyridine rings is 1. The number of rotatable bonds is 4. The van der Waals surface area contributed by atoms with Gasteiger partial charge in [-0.15, -0.1) is 0 Å². The lowest BCUT2D eigenvalue weighted by molar-refractivity contribution is -0.143. The van der Waals surface area contributed by atoms with Crippen molar-refractivity contribution in [3.05, 3.63) is 30.1 Å². The molecule has 3 nitrogen and oxygen atoms in total. The summed E-state index contributed by atoms with van der Waals surface area (Å²) in [4.78, 5) is 15.2. The summed E-state index contributed by atoms with van der Waals surface area (Å²) < 4.78 is 4.87. The fraction of sp³-hybridized carbons (Fsp3) is 0.455. The van der Waals surface area contributed by atoms with E-state index < -0.39 is 0 Å². The van der Waals surface area contributed by atoms with Crippen molar-refractivity contribution < 1.29 is 9.53 Å². The zero-order chi connectivity index (χ0) is 10.4. The summed E-state index contributed by atoms with van der Waals surface area (Å²) in [6, 6.07) is 3.84. The second-order valence-electron chi connectivity index (χ2n) is 3.20. The molecule has 0 fully saturated rings. The van der Waals surface area contributed by atoms with E-state index in [4.69, 9.17) is 4.74 Å². The molecule has 0 saturated carbocycles. The average molecular weight is 193 g/mol. The van der Waals surface area contributed by atoms with Crippen molar-refractivity contribution >= 4 is 5.97 Å². The molecule has 1 atom stereocenters. The van der Waals surface area contributed by atoms with E-state index in [-0.39, 0.29) is 11.9 Å². The van der Waals surface area contributed by atoms with Gasteiger partial charge in [-0.25, -0.2) is 0 Å². The molecular formula is C11H15NO2. The van der Waals surface area contributed by atoms with Crippen molar-refractivity contribution in [2.45, 2.75) is 26.2 Å². The van der Waals surface area contributed by atoms with Crippen LogP contribution in [-0.4, -0.2) is 17.6 Å². The zero-order valence-corrected chi connectivity index (χ0v) is 8.56. The van der Waals surface area contributed by atoms with Crippen molar-refractivity contribution in [1.82, 2.24) is 4.98 Å². The molecule has 0 radical (unpaired) electrons. The Morgan fingerprint density at radius 2 is 2.43 bits per heavy atom. The maximum Gasteiger partial charge on any atom is 0.306 e. The van der Waals surface area contributed by atoms with Crippen LogP contribution in [-0.2, 0) is 9.53 Å². The largest absolute Gasteiger partial charge is 0.466 e. The van der Waals surface area contributed by atoms with Gasteiger partial charge >= 0.3 is 5.97 Å². The van der Waals surface area contributed by atoms with Crippen LogP contribution in [0, 0.1) is 0 Å². The molecule has 0 amide bonds. The Morgan fingerprint density at radius 3 is 3.00 bits per heavy atom. The first-order valence-corrected chi connectivity index (χ1v) is 4.79. The second-order valence-corrected chi connectivity index (χ2v) is 3.20. The number of ether oxygens (including phenoxy) is 1. The fourth-order valence-corrected chi connectivity index (χ4v) is 1.26. The van der Waals surface area contributed by atoms with Gasteiger partial charge in [0, 0.05) is 12.4 Å². The van der Waals surface area contributed by atoms with Crippen LogP contribution in [0.2, 0.25) is 0 Å². The molecule has 0 bridgehead atoms. The van der Waals surface area contributed by atoms with Gasteiger partial charge in [0.1, 0.15) is 0 Å². The number of carbonyl (C=O) groups excluding carboxylic acids is 1. The molecule has 0 aliphatic heterocycles. The molecule has 14 heavy (non-hydrogen) atoms. The molecule has 0 aliphatic rings. The molecule has 0 N–H and O–H groups in total. The van der Waals surface area contributed by atoms with Crippen molar-refractivity contribution in [3.8, 4) is 0 Å². The lowest BCUT2D eigenvalue weighted by Crippen LogP contribution is -2.08. The molecular weight excluding hydrogens is 178 g/mol. The normalized spacial score (nSPS) is 12.1. The predicted octanol–water partition coefficient (Wildman–Crippen LogP) is 2.14. The van der Waals surface area contributed by atoms with E-state index in [1.807, 2.05) is 26.0 Å². The van der Waals surface area contributed by atoms with Crippen LogP contribution in [0.3, 0.4) is 0 Å². The van der Waals surface area contributed by atoms with Gasteiger partial charge in [0.15, 0.2) is 0 Å². The molecule has 0 aliphatic carbocycles. The highest BCUT2D eigenvalue weighted by molar-refractivity contribution is 5.70. The lowest BCUT2D eigenvalue weighted by atomic mass is 10.00. The summed E-state index contributed by atoms with van der Waals surface area (Å²) >= 11 is 0. The van der Waals surface area contributed by atoms with Crippen LogP contribution in [0.1, 0.15) is 31.7 Å². The third kappa shape index (κ3) is 3.17. The molecule has 1 aromatic rings. The SMILES string of the molecule is CCOC(=O)C[C@@H](C)c1cccnc1. The van der Waals surface area contributed by atoms with Crippen LogP contribution < -0.4 is 0 Å². The van der Waals surface area contributed by atoms with Gasteiger partial charge in [-0.1, -0.05) is 13.0 Å². The van der Waals surface area contributed by atoms with Crippen LogP contribution in [0.25, 0.3) is 0 Å². The number of aromatic nitrogens is 1. The first-order valence-electron chi connectivity index (χ1n) is 4.79. The maximum atomic E-state index is 11.2. The summed E-state index contributed by atoms with van der Waals surface area (Å²) in [6.45, 7) is 4.25. The smallest absolute Gasteiger partial charge is 0.306 e. The molecule has 3 heteroatoms. The Kier molecular flexibility index (Phi) is 4.11. The highest BCUT2D eigenvalue weighted by Crippen LogP contribution is 2.17. The van der Waals surface area contributed by atoms with Crippen molar-refractivity contribution in [1.29, 1.82) is 0 Å². The summed E-state index contributed by atoms with van der Waals surface area (Å²) in [5, 5.41) is 0. The minimum atomic E-state index is -0.149. The van der Waals surface area contributed by atoms with Crippen molar-refractivity contribution in [2.24, 2.45) is 0 Å². The predicted molar refractivity (Wildman–Crippen MR) is 53.9 cm³/mol. The molecule has 1 rings (SSSR count). The Morgan fingerprint density at radius 1 is 1.64 bits per heavy atom. The quantitative estimate of drug-likeness (QED) is 0.688. The van der Waals surface area contributed by atoms with Gasteiger partial charge < -0.3 is 4.74 Å². The number of hydrogen-bond acceptors (Lipinski definition) is 3. The standard InChI is InChI=1S/C11H15NO2/c1-3-14-11(13)7-9(2)10-5-4-6-12-8-10/h4-6,8-9H,3,7H2,1-2H3/t9-/m1/s1. The van der Waals surface area contributed by atoms with Gasteiger partial charge in [0.25, 0.3) is 0 Å². The molecule has 76 valence electrons. The summed E-state index contributed by atoms with van der Waals surface area (Å²) in [6.07, 6.45) is 3.92. The van der Waals surface area contributed by atoms with Gasteiger partial charge in [-0.2, -0.15) is 0 Å². The summed E-state index contributed by atoms with van der Waals surface area (Å²) in [5.74, 6) is 0.0200.